The van der Waals surface area contributed by atoms with E-state index in [1.54, 1.807) is 0 Å². The fourth-order valence-electron chi connectivity index (χ4n) is 1.71. The fourth-order valence-corrected chi connectivity index (χ4v) is 1.92. The first-order valence-electron chi connectivity index (χ1n) is 5.46. The second-order valence-corrected chi connectivity index (χ2v) is 5.70. The number of rotatable bonds is 5. The molecule has 1 amide bonds. The molecule has 0 unspecified atom stereocenters. The first-order chi connectivity index (χ1) is 8.22. The normalized spacial score (nSPS) is 17.7. The summed E-state index contributed by atoms with van der Waals surface area (Å²) in [6, 6.07) is 0. The van der Waals surface area contributed by atoms with Crippen LogP contribution in [0.4, 0.5) is 13.6 Å². The molecule has 1 aliphatic rings. The summed E-state index contributed by atoms with van der Waals surface area (Å²) in [7, 11) is -5.82. The van der Waals surface area contributed by atoms with Gasteiger partial charge in [-0.2, -0.15) is 8.78 Å². The summed E-state index contributed by atoms with van der Waals surface area (Å²) in [4.78, 5) is 11.0. The Labute approximate surface area is 103 Å². The lowest BCUT2D eigenvalue weighted by atomic mass is 10.1. The molecule has 1 fully saturated rings. The number of amides is 1. The Kier molecular flexibility index (Phi) is 4.85. The number of alkyl carbamates (subject to hydrolysis) is 1. The van der Waals surface area contributed by atoms with Crippen LogP contribution in [0.1, 0.15) is 25.7 Å². The molecule has 0 aliphatic heterocycles. The summed E-state index contributed by atoms with van der Waals surface area (Å²) in [5, 5.41) is -2.34. The quantitative estimate of drug-likeness (QED) is 0.762. The summed E-state index contributed by atoms with van der Waals surface area (Å²) < 4.78 is 59.6. The van der Waals surface area contributed by atoms with Crippen LogP contribution in [0.5, 0.6) is 0 Å². The molecule has 18 heavy (non-hydrogen) atoms. The maximum Gasteiger partial charge on any atom is 0.407 e. The minimum atomic E-state index is -5.82. The predicted octanol–water partition coefficient (Wildman–Crippen LogP) is 1.04. The maximum absolute atomic E-state index is 12.6. The van der Waals surface area contributed by atoms with Crippen LogP contribution in [0.15, 0.2) is 0 Å². The average Bonchev–Trinajstić information content (AvgIpc) is 2.74. The number of ether oxygens (including phenoxy) is 1. The first kappa shape index (κ1) is 15.1. The monoisotopic (exact) mass is 286 g/mol. The van der Waals surface area contributed by atoms with Gasteiger partial charge in [-0.15, -0.1) is 0 Å². The van der Waals surface area contributed by atoms with Crippen LogP contribution in [0, 0.1) is 5.92 Å². The van der Waals surface area contributed by atoms with E-state index in [1.165, 1.54) is 0 Å². The van der Waals surface area contributed by atoms with E-state index < -0.39 is 28.1 Å². The Bertz CT molecular complexity index is 392. The highest BCUT2D eigenvalue weighted by molar-refractivity contribution is 7.86. The van der Waals surface area contributed by atoms with Gasteiger partial charge in [0.25, 0.3) is 0 Å². The largest absolute Gasteiger partial charge is 0.743 e. The van der Waals surface area contributed by atoms with Crippen molar-refractivity contribution in [3.8, 4) is 0 Å². The molecule has 9 heteroatoms. The van der Waals surface area contributed by atoms with Gasteiger partial charge in [0, 0.05) is 6.54 Å². The zero-order valence-corrected chi connectivity index (χ0v) is 10.3. The number of carbonyl (C=O) groups is 1. The van der Waals surface area contributed by atoms with Crippen LogP contribution in [0.25, 0.3) is 0 Å². The van der Waals surface area contributed by atoms with E-state index in [2.05, 4.69) is 10.1 Å². The molecule has 0 atom stereocenters. The van der Waals surface area contributed by atoms with Crippen molar-refractivity contribution in [1.82, 2.24) is 5.32 Å². The van der Waals surface area contributed by atoms with Crippen LogP contribution in [0.3, 0.4) is 0 Å². The van der Waals surface area contributed by atoms with E-state index in [-0.39, 0.29) is 0 Å². The molecule has 1 aliphatic carbocycles. The second kappa shape index (κ2) is 5.79. The Morgan fingerprint density at radius 1 is 1.39 bits per heavy atom. The lowest BCUT2D eigenvalue weighted by Crippen LogP contribution is -2.37. The molecule has 0 aromatic carbocycles. The number of hydrogen-bond acceptors (Lipinski definition) is 5. The number of hydrogen-bond donors (Lipinski definition) is 1. The standard InChI is InChI=1S/C9H15F2NO5S/c10-9(11,18(14,15)16)6-17-8(13)12-5-7-3-1-2-4-7/h7H,1-6H2,(H,12,13)(H,14,15,16)/p-1. The van der Waals surface area contributed by atoms with Crippen LogP contribution in [-0.4, -0.2) is 37.5 Å². The molecular weight excluding hydrogens is 272 g/mol. The maximum atomic E-state index is 12.6. The lowest BCUT2D eigenvalue weighted by Gasteiger charge is -2.19. The van der Waals surface area contributed by atoms with Gasteiger partial charge < -0.3 is 14.6 Å². The van der Waals surface area contributed by atoms with Crippen molar-refractivity contribution in [3.63, 3.8) is 0 Å². The second-order valence-electron chi connectivity index (χ2n) is 4.20. The molecule has 0 spiro atoms. The third-order valence-corrected chi connectivity index (χ3v) is 3.60. The van der Waals surface area contributed by atoms with Crippen molar-refractivity contribution in [2.75, 3.05) is 13.2 Å². The van der Waals surface area contributed by atoms with E-state index in [9.17, 15) is 26.5 Å². The number of nitrogens with one attached hydrogen (secondary N) is 1. The highest BCUT2D eigenvalue weighted by Crippen LogP contribution is 2.24. The van der Waals surface area contributed by atoms with Gasteiger partial charge in [-0.3, -0.25) is 0 Å². The Hall–Kier alpha value is -0.960. The Balaban J connectivity index is 2.28. The molecule has 1 rings (SSSR count). The van der Waals surface area contributed by atoms with E-state index in [1.807, 2.05) is 0 Å². The summed E-state index contributed by atoms with van der Waals surface area (Å²) in [5.41, 5.74) is 0. The van der Waals surface area contributed by atoms with Gasteiger partial charge >= 0.3 is 11.3 Å². The lowest BCUT2D eigenvalue weighted by molar-refractivity contribution is 0.00650. The molecule has 0 radical (unpaired) electrons. The minimum Gasteiger partial charge on any atom is -0.743 e. The predicted molar refractivity (Wildman–Crippen MR) is 56.0 cm³/mol. The molecule has 1 N–H and O–H groups in total. The van der Waals surface area contributed by atoms with Gasteiger partial charge in [-0.1, -0.05) is 12.8 Å². The van der Waals surface area contributed by atoms with Crippen LogP contribution < -0.4 is 5.32 Å². The molecule has 0 heterocycles. The van der Waals surface area contributed by atoms with Gasteiger partial charge in [-0.05, 0) is 18.8 Å². The van der Waals surface area contributed by atoms with Crippen LogP contribution in [0.2, 0.25) is 0 Å². The van der Waals surface area contributed by atoms with Crippen molar-refractivity contribution in [3.05, 3.63) is 0 Å². The van der Waals surface area contributed by atoms with Crippen molar-refractivity contribution >= 4 is 16.2 Å². The number of halogens is 2. The van der Waals surface area contributed by atoms with Crippen molar-refractivity contribution < 1.29 is 31.3 Å². The van der Waals surface area contributed by atoms with E-state index in [0.29, 0.717) is 12.5 Å². The van der Waals surface area contributed by atoms with Gasteiger partial charge in [0.15, 0.2) is 16.7 Å². The van der Waals surface area contributed by atoms with E-state index in [0.717, 1.165) is 25.7 Å². The summed E-state index contributed by atoms with van der Waals surface area (Å²) in [5.74, 6) is 0.293. The SMILES string of the molecule is O=C(NCC1CCCC1)OCC(F)(F)S(=O)(=O)[O-]. The first-order valence-corrected chi connectivity index (χ1v) is 6.87. The van der Waals surface area contributed by atoms with Gasteiger partial charge in [-0.25, -0.2) is 13.2 Å². The van der Waals surface area contributed by atoms with Gasteiger partial charge in [0.05, 0.1) is 0 Å². The third kappa shape index (κ3) is 4.37. The van der Waals surface area contributed by atoms with Crippen LogP contribution in [-0.2, 0) is 14.9 Å². The molecule has 0 saturated heterocycles. The van der Waals surface area contributed by atoms with Crippen LogP contribution >= 0.6 is 0 Å². The van der Waals surface area contributed by atoms with Crippen molar-refractivity contribution in [2.45, 2.75) is 30.9 Å². The molecule has 0 bridgehead atoms. The molecule has 6 nitrogen and oxygen atoms in total. The Morgan fingerprint density at radius 3 is 2.44 bits per heavy atom. The smallest absolute Gasteiger partial charge is 0.407 e. The topological polar surface area (TPSA) is 95.5 Å². The van der Waals surface area contributed by atoms with E-state index in [4.69, 9.17) is 0 Å². The summed E-state index contributed by atoms with van der Waals surface area (Å²) in [6.07, 6.45) is 2.88. The van der Waals surface area contributed by atoms with E-state index >= 15 is 0 Å². The highest BCUT2D eigenvalue weighted by atomic mass is 32.2. The van der Waals surface area contributed by atoms with Gasteiger partial charge in [0.2, 0.25) is 0 Å². The van der Waals surface area contributed by atoms with Crippen molar-refractivity contribution in [2.24, 2.45) is 5.92 Å². The van der Waals surface area contributed by atoms with Crippen molar-refractivity contribution in [1.29, 1.82) is 0 Å². The average molecular weight is 286 g/mol. The molecule has 1 saturated carbocycles. The zero-order valence-electron chi connectivity index (χ0n) is 9.53. The fraction of sp³-hybridized carbons (Fsp3) is 0.889. The Morgan fingerprint density at radius 2 is 1.94 bits per heavy atom. The number of carbonyl (C=O) groups excluding carboxylic acids is 1. The zero-order chi connectivity index (χ0) is 13.8. The molecular formula is C9H14F2NO5S-. The molecule has 0 aromatic heterocycles. The summed E-state index contributed by atoms with van der Waals surface area (Å²) >= 11 is 0. The third-order valence-electron chi connectivity index (χ3n) is 2.75. The van der Waals surface area contributed by atoms with Gasteiger partial charge in [0.1, 0.15) is 0 Å². The summed E-state index contributed by atoms with van der Waals surface area (Å²) in [6.45, 7) is -1.47. The minimum absolute atomic E-state index is 0.293. The molecule has 106 valence electrons. The number of alkyl halides is 2. The molecule has 0 aromatic rings. The highest BCUT2D eigenvalue weighted by Gasteiger charge is 2.39.